The molecule has 0 aromatic heterocycles. The summed E-state index contributed by atoms with van der Waals surface area (Å²) < 4.78 is 27.8. The SMILES string of the molecule is Cc1cc(C)c([C@@H](C)NS(=O)(=O)Cc2c(Cl)cccc2Cl)cc1C. The summed E-state index contributed by atoms with van der Waals surface area (Å²) in [4.78, 5) is 0. The van der Waals surface area contributed by atoms with Crippen molar-refractivity contribution in [3.8, 4) is 0 Å². The predicted molar refractivity (Wildman–Crippen MR) is 101 cm³/mol. The normalized spacial score (nSPS) is 13.1. The molecule has 0 bridgehead atoms. The number of benzene rings is 2. The van der Waals surface area contributed by atoms with E-state index in [1.807, 2.05) is 33.8 Å². The Morgan fingerprint density at radius 2 is 1.54 bits per heavy atom. The second-order valence-corrected chi connectivity index (χ2v) is 8.66. The summed E-state index contributed by atoms with van der Waals surface area (Å²) in [7, 11) is -3.59. The number of hydrogen-bond donors (Lipinski definition) is 1. The fourth-order valence-electron chi connectivity index (χ4n) is 2.68. The number of sulfonamides is 1. The van der Waals surface area contributed by atoms with Crippen molar-refractivity contribution in [3.05, 3.63) is 68.2 Å². The number of halogens is 2. The highest BCUT2D eigenvalue weighted by Gasteiger charge is 2.21. The zero-order valence-electron chi connectivity index (χ0n) is 14.2. The molecule has 2 rings (SSSR count). The maximum absolute atomic E-state index is 12.5. The molecular formula is C18H21Cl2NO2S. The predicted octanol–water partition coefficient (Wildman–Crippen LogP) is 5.10. The van der Waals surface area contributed by atoms with Crippen LogP contribution in [0.25, 0.3) is 0 Å². The van der Waals surface area contributed by atoms with Gasteiger partial charge in [-0.15, -0.1) is 0 Å². The average molecular weight is 386 g/mol. The molecule has 1 N–H and O–H groups in total. The molecule has 0 heterocycles. The van der Waals surface area contributed by atoms with Gasteiger partial charge < -0.3 is 0 Å². The van der Waals surface area contributed by atoms with E-state index in [0.717, 1.165) is 16.7 Å². The fraction of sp³-hybridized carbons (Fsp3) is 0.333. The minimum absolute atomic E-state index is 0.250. The molecule has 0 radical (unpaired) electrons. The fourth-order valence-corrected chi connectivity index (χ4v) is 4.81. The molecule has 130 valence electrons. The minimum atomic E-state index is -3.59. The summed E-state index contributed by atoms with van der Waals surface area (Å²) in [5.74, 6) is -0.250. The standard InChI is InChI=1S/C18H21Cl2NO2S/c1-11-8-13(3)15(9-12(11)2)14(4)21-24(22,23)10-16-17(19)6-5-7-18(16)20/h5-9,14,21H,10H2,1-4H3/t14-/m1/s1. The first-order valence-corrected chi connectivity index (χ1v) is 10.0. The molecule has 0 amide bonds. The molecule has 6 heteroatoms. The van der Waals surface area contributed by atoms with E-state index in [2.05, 4.69) is 10.8 Å². The monoisotopic (exact) mass is 385 g/mol. The highest BCUT2D eigenvalue weighted by Crippen LogP contribution is 2.27. The maximum Gasteiger partial charge on any atom is 0.216 e. The molecule has 24 heavy (non-hydrogen) atoms. The average Bonchev–Trinajstić information content (AvgIpc) is 2.46. The third-order valence-electron chi connectivity index (χ3n) is 4.10. The number of nitrogens with one attached hydrogen (secondary N) is 1. The molecule has 2 aromatic rings. The van der Waals surface area contributed by atoms with Gasteiger partial charge in [-0.05, 0) is 62.1 Å². The lowest BCUT2D eigenvalue weighted by Crippen LogP contribution is -2.28. The molecule has 3 nitrogen and oxygen atoms in total. The van der Waals surface area contributed by atoms with E-state index in [1.54, 1.807) is 18.2 Å². The molecule has 0 saturated heterocycles. The lowest BCUT2D eigenvalue weighted by atomic mass is 9.97. The van der Waals surface area contributed by atoms with Crippen LogP contribution in [0.5, 0.6) is 0 Å². The Balaban J connectivity index is 2.25. The van der Waals surface area contributed by atoms with Gasteiger partial charge in [-0.25, -0.2) is 13.1 Å². The molecule has 2 aromatic carbocycles. The van der Waals surface area contributed by atoms with Crippen LogP contribution in [0.4, 0.5) is 0 Å². The molecule has 0 aliphatic rings. The van der Waals surface area contributed by atoms with Crippen molar-refractivity contribution in [2.75, 3.05) is 0 Å². The first-order chi connectivity index (χ1) is 11.1. The largest absolute Gasteiger partial charge is 0.216 e. The quantitative estimate of drug-likeness (QED) is 0.777. The molecule has 0 unspecified atom stereocenters. The van der Waals surface area contributed by atoms with E-state index < -0.39 is 10.0 Å². The van der Waals surface area contributed by atoms with E-state index in [-0.39, 0.29) is 11.8 Å². The van der Waals surface area contributed by atoms with Crippen LogP contribution in [-0.4, -0.2) is 8.42 Å². The van der Waals surface area contributed by atoms with Gasteiger partial charge in [0, 0.05) is 21.7 Å². The van der Waals surface area contributed by atoms with Crippen LogP contribution >= 0.6 is 23.2 Å². The Morgan fingerprint density at radius 1 is 1.00 bits per heavy atom. The molecule has 1 atom stereocenters. The number of hydrogen-bond acceptors (Lipinski definition) is 2. The summed E-state index contributed by atoms with van der Waals surface area (Å²) in [5, 5.41) is 0.700. The van der Waals surface area contributed by atoms with Gasteiger partial charge in [0.25, 0.3) is 0 Å². The third kappa shape index (κ3) is 4.51. The van der Waals surface area contributed by atoms with Gasteiger partial charge in [-0.2, -0.15) is 0 Å². The molecular weight excluding hydrogens is 365 g/mol. The van der Waals surface area contributed by atoms with E-state index in [4.69, 9.17) is 23.2 Å². The Morgan fingerprint density at radius 3 is 2.12 bits per heavy atom. The van der Waals surface area contributed by atoms with Crippen LogP contribution in [-0.2, 0) is 15.8 Å². The lowest BCUT2D eigenvalue weighted by molar-refractivity contribution is 0.565. The zero-order chi connectivity index (χ0) is 18.1. The highest BCUT2D eigenvalue weighted by atomic mass is 35.5. The van der Waals surface area contributed by atoms with E-state index in [9.17, 15) is 8.42 Å². The molecule has 0 spiro atoms. The number of aryl methyl sites for hydroxylation is 3. The molecule has 0 aliphatic carbocycles. The van der Waals surface area contributed by atoms with Gasteiger partial charge in [0.2, 0.25) is 10.0 Å². The summed E-state index contributed by atoms with van der Waals surface area (Å²) in [6.07, 6.45) is 0. The summed E-state index contributed by atoms with van der Waals surface area (Å²) in [5.41, 5.74) is 4.76. The van der Waals surface area contributed by atoms with Crippen molar-refractivity contribution in [2.45, 2.75) is 39.5 Å². The Kier molecular flexibility index (Phi) is 5.97. The summed E-state index contributed by atoms with van der Waals surface area (Å²) >= 11 is 12.2. The molecule has 0 aliphatic heterocycles. The summed E-state index contributed by atoms with van der Waals surface area (Å²) in [6, 6.07) is 8.72. The second kappa shape index (κ2) is 7.44. The van der Waals surface area contributed by atoms with Crippen molar-refractivity contribution in [3.63, 3.8) is 0 Å². The lowest BCUT2D eigenvalue weighted by Gasteiger charge is -2.19. The van der Waals surface area contributed by atoms with Crippen LogP contribution in [0.2, 0.25) is 10.0 Å². The van der Waals surface area contributed by atoms with Crippen LogP contribution in [0.1, 0.15) is 40.8 Å². The first-order valence-electron chi connectivity index (χ1n) is 7.61. The second-order valence-electron chi connectivity index (χ2n) is 6.09. The Hall–Kier alpha value is -1.07. The zero-order valence-corrected chi connectivity index (χ0v) is 16.5. The van der Waals surface area contributed by atoms with Crippen molar-refractivity contribution in [2.24, 2.45) is 0 Å². The van der Waals surface area contributed by atoms with Gasteiger partial charge in [0.05, 0.1) is 5.75 Å². The van der Waals surface area contributed by atoms with Gasteiger partial charge in [0.15, 0.2) is 0 Å². The van der Waals surface area contributed by atoms with Crippen molar-refractivity contribution in [1.29, 1.82) is 0 Å². The first kappa shape index (κ1) is 19.3. The Labute approximate surface area is 154 Å². The van der Waals surface area contributed by atoms with Crippen LogP contribution in [0.3, 0.4) is 0 Å². The van der Waals surface area contributed by atoms with Crippen molar-refractivity contribution >= 4 is 33.2 Å². The van der Waals surface area contributed by atoms with Gasteiger partial charge >= 0.3 is 0 Å². The Bertz CT molecular complexity index is 843. The van der Waals surface area contributed by atoms with Crippen LogP contribution in [0, 0.1) is 20.8 Å². The maximum atomic E-state index is 12.5. The van der Waals surface area contributed by atoms with E-state index >= 15 is 0 Å². The summed E-state index contributed by atoms with van der Waals surface area (Å²) in [6.45, 7) is 7.88. The third-order valence-corrected chi connectivity index (χ3v) is 6.19. The van der Waals surface area contributed by atoms with Crippen LogP contribution in [0.15, 0.2) is 30.3 Å². The van der Waals surface area contributed by atoms with E-state index in [0.29, 0.717) is 15.6 Å². The van der Waals surface area contributed by atoms with Gasteiger partial charge in [0.1, 0.15) is 0 Å². The van der Waals surface area contributed by atoms with E-state index in [1.165, 1.54) is 5.56 Å². The topological polar surface area (TPSA) is 46.2 Å². The number of rotatable bonds is 5. The van der Waals surface area contributed by atoms with Crippen molar-refractivity contribution < 1.29 is 8.42 Å². The molecule has 0 saturated carbocycles. The van der Waals surface area contributed by atoms with Crippen LogP contribution < -0.4 is 4.72 Å². The molecule has 0 fully saturated rings. The van der Waals surface area contributed by atoms with Crippen molar-refractivity contribution in [1.82, 2.24) is 4.72 Å². The van der Waals surface area contributed by atoms with Gasteiger partial charge in [-0.3, -0.25) is 0 Å². The smallest absolute Gasteiger partial charge is 0.212 e. The van der Waals surface area contributed by atoms with Gasteiger partial charge in [-0.1, -0.05) is 41.4 Å². The minimum Gasteiger partial charge on any atom is -0.212 e. The highest BCUT2D eigenvalue weighted by molar-refractivity contribution is 7.88.